The summed E-state index contributed by atoms with van der Waals surface area (Å²) in [6.07, 6.45) is 6.31. The van der Waals surface area contributed by atoms with Crippen molar-refractivity contribution in [2.24, 2.45) is 22.7 Å². The second-order valence-electron chi connectivity index (χ2n) is 13.2. The Labute approximate surface area is 208 Å². The summed E-state index contributed by atoms with van der Waals surface area (Å²) in [6.45, 7) is 21.8. The van der Waals surface area contributed by atoms with Gasteiger partial charge in [0.15, 0.2) is 0 Å². The molecular formula is C29H46O4Si. The molecule has 34 heavy (non-hydrogen) atoms. The summed E-state index contributed by atoms with van der Waals surface area (Å²) in [6, 6.07) is 5.44. The average Bonchev–Trinajstić information content (AvgIpc) is 2.66. The second-order valence-corrected chi connectivity index (χ2v) is 17.9. The van der Waals surface area contributed by atoms with E-state index in [9.17, 15) is 9.90 Å². The molecule has 0 radical (unpaired) electrons. The number of esters is 1. The van der Waals surface area contributed by atoms with Crippen molar-refractivity contribution in [3.63, 3.8) is 0 Å². The van der Waals surface area contributed by atoms with E-state index in [1.165, 1.54) is 18.9 Å². The Kier molecular flexibility index (Phi) is 7.13. The van der Waals surface area contributed by atoms with Gasteiger partial charge in [-0.3, -0.25) is 4.79 Å². The third-order valence-corrected chi connectivity index (χ3v) is 13.6. The van der Waals surface area contributed by atoms with Crippen LogP contribution >= 0.6 is 0 Å². The SMILES string of the molecule is CC(=O)OC(c1cc(O[Si](C)(C)C(C)(C)C)ccc1O)[C@H]1C(C)=CC[C@H]2C(C)(C)CCC[C@]12C. The van der Waals surface area contributed by atoms with Crippen LogP contribution in [0.3, 0.4) is 0 Å². The average molecular weight is 487 g/mol. The molecule has 4 atom stereocenters. The molecule has 0 heterocycles. The highest BCUT2D eigenvalue weighted by Crippen LogP contribution is 2.63. The Bertz CT molecular complexity index is 955. The van der Waals surface area contributed by atoms with Gasteiger partial charge < -0.3 is 14.3 Å². The molecule has 0 bridgehead atoms. The third-order valence-electron chi connectivity index (χ3n) is 9.23. The zero-order valence-corrected chi connectivity index (χ0v) is 24.0. The number of benzene rings is 1. The number of allylic oxidation sites excluding steroid dienone is 1. The summed E-state index contributed by atoms with van der Waals surface area (Å²) in [7, 11) is -2.07. The molecule has 0 amide bonds. The van der Waals surface area contributed by atoms with Gasteiger partial charge in [0.25, 0.3) is 0 Å². The Morgan fingerprint density at radius 2 is 1.82 bits per heavy atom. The molecule has 3 rings (SSSR count). The van der Waals surface area contributed by atoms with Crippen LogP contribution in [0.5, 0.6) is 11.5 Å². The Morgan fingerprint density at radius 3 is 2.41 bits per heavy atom. The number of fused-ring (bicyclic) bond motifs is 1. The van der Waals surface area contributed by atoms with Gasteiger partial charge >= 0.3 is 5.97 Å². The van der Waals surface area contributed by atoms with Crippen LogP contribution in [0.15, 0.2) is 29.8 Å². The fraction of sp³-hybridized carbons (Fsp3) is 0.690. The molecule has 5 heteroatoms. The predicted octanol–water partition coefficient (Wildman–Crippen LogP) is 8.18. The highest BCUT2D eigenvalue weighted by atomic mass is 28.4. The molecule has 0 aromatic heterocycles. The molecule has 4 nitrogen and oxygen atoms in total. The summed E-state index contributed by atoms with van der Waals surface area (Å²) < 4.78 is 12.6. The minimum atomic E-state index is -2.07. The lowest BCUT2D eigenvalue weighted by atomic mass is 9.47. The molecule has 1 aromatic carbocycles. The van der Waals surface area contributed by atoms with Gasteiger partial charge in [-0.2, -0.15) is 0 Å². The van der Waals surface area contributed by atoms with E-state index in [-0.39, 0.29) is 33.5 Å². The van der Waals surface area contributed by atoms with Crippen molar-refractivity contribution in [2.75, 3.05) is 0 Å². The van der Waals surface area contributed by atoms with E-state index in [4.69, 9.17) is 9.16 Å². The Morgan fingerprint density at radius 1 is 1.18 bits per heavy atom. The van der Waals surface area contributed by atoms with Crippen LogP contribution in [0, 0.1) is 22.7 Å². The summed E-state index contributed by atoms with van der Waals surface area (Å²) in [4.78, 5) is 12.4. The first-order chi connectivity index (χ1) is 15.5. The number of hydrogen-bond donors (Lipinski definition) is 1. The number of phenolic OH excluding ortho intramolecular Hbond substituents is 1. The van der Waals surface area contributed by atoms with Crippen molar-refractivity contribution in [3.8, 4) is 11.5 Å². The van der Waals surface area contributed by atoms with Crippen LogP contribution in [0.25, 0.3) is 0 Å². The Hall–Kier alpha value is -1.75. The minimum Gasteiger partial charge on any atom is -0.543 e. The summed E-state index contributed by atoms with van der Waals surface area (Å²) >= 11 is 0. The first-order valence-electron chi connectivity index (χ1n) is 12.9. The van der Waals surface area contributed by atoms with Gasteiger partial charge in [0, 0.05) is 18.4 Å². The molecule has 1 aromatic rings. The molecule has 1 N–H and O–H groups in total. The van der Waals surface area contributed by atoms with Crippen molar-refractivity contribution < 1.29 is 19.1 Å². The smallest absolute Gasteiger partial charge is 0.303 e. The largest absolute Gasteiger partial charge is 0.543 e. The molecular weight excluding hydrogens is 440 g/mol. The fourth-order valence-electron chi connectivity index (χ4n) is 6.42. The first kappa shape index (κ1) is 26.8. The van der Waals surface area contributed by atoms with E-state index < -0.39 is 14.4 Å². The minimum absolute atomic E-state index is 0.00347. The molecule has 2 aliphatic carbocycles. The van der Waals surface area contributed by atoms with E-state index in [0.717, 1.165) is 25.0 Å². The lowest BCUT2D eigenvalue weighted by molar-refractivity contribution is -0.156. The van der Waals surface area contributed by atoms with Gasteiger partial charge in [-0.1, -0.05) is 59.6 Å². The summed E-state index contributed by atoms with van der Waals surface area (Å²) in [5.41, 5.74) is 2.09. The maximum absolute atomic E-state index is 12.4. The standard InChI is InChI=1S/C29H46O4Si/c1-19-12-15-24-28(6,7)16-11-17-29(24,8)25(19)26(32-20(2)30)22-18-21(13-14-23(22)31)33-34(9,10)27(3,4)5/h12-14,18,24-26,31H,11,15-17H2,1-10H3/t24-,25+,26?,29-/m0/s1. The third kappa shape index (κ3) is 4.96. The van der Waals surface area contributed by atoms with Gasteiger partial charge in [0.05, 0.1) is 0 Å². The second kappa shape index (κ2) is 9.04. The lowest BCUT2D eigenvalue weighted by Crippen LogP contribution is -2.50. The number of aromatic hydroxyl groups is 1. The lowest BCUT2D eigenvalue weighted by Gasteiger charge is -2.58. The highest BCUT2D eigenvalue weighted by molar-refractivity contribution is 6.74. The summed E-state index contributed by atoms with van der Waals surface area (Å²) in [5, 5.41) is 11.1. The molecule has 0 spiro atoms. The number of rotatable bonds is 5. The molecule has 2 aliphatic rings. The van der Waals surface area contributed by atoms with Crippen molar-refractivity contribution in [2.45, 2.75) is 105 Å². The highest BCUT2D eigenvalue weighted by Gasteiger charge is 2.55. The van der Waals surface area contributed by atoms with Crippen LogP contribution < -0.4 is 4.43 Å². The normalized spacial score (nSPS) is 27.9. The molecule has 190 valence electrons. The Balaban J connectivity index is 2.11. The molecule has 1 saturated carbocycles. The van der Waals surface area contributed by atoms with Crippen molar-refractivity contribution in [3.05, 3.63) is 35.4 Å². The monoisotopic (exact) mass is 486 g/mol. The predicted molar refractivity (Wildman–Crippen MR) is 142 cm³/mol. The van der Waals surface area contributed by atoms with E-state index in [0.29, 0.717) is 11.5 Å². The van der Waals surface area contributed by atoms with Crippen molar-refractivity contribution in [1.82, 2.24) is 0 Å². The van der Waals surface area contributed by atoms with Crippen molar-refractivity contribution >= 4 is 14.3 Å². The van der Waals surface area contributed by atoms with Crippen LogP contribution in [0.1, 0.15) is 92.7 Å². The number of carbonyl (C=O) groups excluding carboxylic acids is 1. The number of ether oxygens (including phenoxy) is 1. The van der Waals surface area contributed by atoms with Gasteiger partial charge in [-0.15, -0.1) is 0 Å². The van der Waals surface area contributed by atoms with Crippen LogP contribution in [-0.4, -0.2) is 19.4 Å². The number of carbonyl (C=O) groups is 1. The van der Waals surface area contributed by atoms with E-state index in [1.54, 1.807) is 6.07 Å². The fourth-order valence-corrected chi connectivity index (χ4v) is 7.45. The zero-order valence-electron chi connectivity index (χ0n) is 23.0. The van der Waals surface area contributed by atoms with E-state index >= 15 is 0 Å². The number of hydrogen-bond acceptors (Lipinski definition) is 4. The van der Waals surface area contributed by atoms with E-state index in [2.05, 4.69) is 67.6 Å². The molecule has 0 aliphatic heterocycles. The van der Waals surface area contributed by atoms with Crippen molar-refractivity contribution in [1.29, 1.82) is 0 Å². The topological polar surface area (TPSA) is 55.8 Å². The van der Waals surface area contributed by atoms with Gasteiger partial charge in [-0.25, -0.2) is 0 Å². The van der Waals surface area contributed by atoms with Crippen LogP contribution in [0.2, 0.25) is 18.1 Å². The maximum atomic E-state index is 12.4. The van der Waals surface area contributed by atoms with Crippen LogP contribution in [-0.2, 0) is 9.53 Å². The van der Waals surface area contributed by atoms with Crippen LogP contribution in [0.4, 0.5) is 0 Å². The maximum Gasteiger partial charge on any atom is 0.303 e. The first-order valence-corrected chi connectivity index (χ1v) is 15.8. The molecule has 1 unspecified atom stereocenters. The molecule has 1 fully saturated rings. The van der Waals surface area contributed by atoms with E-state index in [1.807, 2.05) is 12.1 Å². The van der Waals surface area contributed by atoms with Gasteiger partial charge in [0.2, 0.25) is 8.32 Å². The quantitative estimate of drug-likeness (QED) is 0.259. The van der Waals surface area contributed by atoms with Gasteiger partial charge in [0.1, 0.15) is 17.6 Å². The zero-order chi connectivity index (χ0) is 25.7. The molecule has 0 saturated heterocycles. The summed E-state index contributed by atoms with van der Waals surface area (Å²) in [5.74, 6) is 1.06. The van der Waals surface area contributed by atoms with Gasteiger partial charge in [-0.05, 0) is 79.3 Å². The number of phenols is 1.